The Kier molecular flexibility index (Phi) is 5.76. The van der Waals surface area contributed by atoms with Gasteiger partial charge in [-0.05, 0) is 42.5 Å². The monoisotopic (exact) mass is 378 g/mol. The number of nitrogens with one attached hydrogen (secondary N) is 1. The van der Waals surface area contributed by atoms with Crippen molar-refractivity contribution in [3.63, 3.8) is 0 Å². The van der Waals surface area contributed by atoms with E-state index >= 15 is 0 Å². The van der Waals surface area contributed by atoms with Crippen molar-refractivity contribution in [1.82, 2.24) is 5.32 Å². The van der Waals surface area contributed by atoms with Crippen LogP contribution in [0.5, 0.6) is 0 Å². The van der Waals surface area contributed by atoms with Crippen molar-refractivity contribution in [2.45, 2.75) is 37.8 Å². The first-order valence-electron chi connectivity index (χ1n) is 9.19. The Labute approximate surface area is 163 Å². The standard InChI is InChI=1S/C22H22N2O4/c1-22(11-4-12-28-22)21(27)24-19(20(25)26)13-15-7-9-16(10-8-15)18-6-3-2-5-17(18)14-23/h2-3,5-10,19H,4,11-13H2,1H3,(H,24,27)(H,25,26)/t19-,22?/m0/s1. The summed E-state index contributed by atoms with van der Waals surface area (Å²) < 4.78 is 5.49. The molecule has 0 bridgehead atoms. The summed E-state index contributed by atoms with van der Waals surface area (Å²) in [6.07, 6.45) is 1.53. The minimum atomic E-state index is -1.09. The first-order chi connectivity index (χ1) is 13.4. The second kappa shape index (κ2) is 8.24. The maximum absolute atomic E-state index is 12.5. The fraction of sp³-hybridized carbons (Fsp3) is 0.318. The molecule has 0 aromatic heterocycles. The molecular weight excluding hydrogens is 356 g/mol. The molecule has 1 saturated heterocycles. The average molecular weight is 378 g/mol. The van der Waals surface area contributed by atoms with Gasteiger partial charge in [-0.15, -0.1) is 0 Å². The summed E-state index contributed by atoms with van der Waals surface area (Å²) in [7, 11) is 0. The zero-order valence-corrected chi connectivity index (χ0v) is 15.6. The van der Waals surface area contributed by atoms with Gasteiger partial charge in [0.1, 0.15) is 11.6 Å². The number of carbonyl (C=O) groups is 2. The predicted molar refractivity (Wildman–Crippen MR) is 103 cm³/mol. The third-order valence-corrected chi connectivity index (χ3v) is 5.05. The molecule has 1 heterocycles. The molecular formula is C22H22N2O4. The van der Waals surface area contributed by atoms with Crippen molar-refractivity contribution in [1.29, 1.82) is 5.26 Å². The van der Waals surface area contributed by atoms with E-state index in [-0.39, 0.29) is 6.42 Å². The van der Waals surface area contributed by atoms with E-state index < -0.39 is 23.5 Å². The van der Waals surface area contributed by atoms with Crippen LogP contribution in [0.25, 0.3) is 11.1 Å². The highest BCUT2D eigenvalue weighted by molar-refractivity contribution is 5.89. The van der Waals surface area contributed by atoms with Gasteiger partial charge >= 0.3 is 5.97 Å². The third-order valence-electron chi connectivity index (χ3n) is 5.05. The fourth-order valence-corrected chi connectivity index (χ4v) is 3.36. The second-order valence-electron chi connectivity index (χ2n) is 7.11. The predicted octanol–water partition coefficient (Wildman–Crippen LogP) is 2.91. The minimum Gasteiger partial charge on any atom is -0.480 e. The molecule has 6 heteroatoms. The highest BCUT2D eigenvalue weighted by Crippen LogP contribution is 2.26. The summed E-state index contributed by atoms with van der Waals surface area (Å²) in [5.41, 5.74) is 2.10. The average Bonchev–Trinajstić information content (AvgIpc) is 3.16. The molecule has 1 fully saturated rings. The van der Waals surface area contributed by atoms with E-state index in [4.69, 9.17) is 4.74 Å². The van der Waals surface area contributed by atoms with E-state index in [0.29, 0.717) is 18.6 Å². The number of amides is 1. The van der Waals surface area contributed by atoms with Crippen molar-refractivity contribution in [2.24, 2.45) is 0 Å². The molecule has 0 radical (unpaired) electrons. The summed E-state index contributed by atoms with van der Waals surface area (Å²) in [5.74, 6) is -1.48. The highest BCUT2D eigenvalue weighted by atomic mass is 16.5. The summed E-state index contributed by atoms with van der Waals surface area (Å²) >= 11 is 0. The number of nitriles is 1. The van der Waals surface area contributed by atoms with E-state index in [1.54, 1.807) is 13.0 Å². The Morgan fingerprint density at radius 2 is 1.96 bits per heavy atom. The quantitative estimate of drug-likeness (QED) is 0.805. The van der Waals surface area contributed by atoms with Crippen LogP contribution in [0.3, 0.4) is 0 Å². The van der Waals surface area contributed by atoms with Gasteiger partial charge in [-0.3, -0.25) is 4.79 Å². The van der Waals surface area contributed by atoms with Crippen molar-refractivity contribution in [2.75, 3.05) is 6.61 Å². The molecule has 144 valence electrons. The smallest absolute Gasteiger partial charge is 0.326 e. The van der Waals surface area contributed by atoms with Crippen molar-refractivity contribution in [3.8, 4) is 17.2 Å². The Morgan fingerprint density at radius 1 is 1.25 bits per heavy atom. The van der Waals surface area contributed by atoms with Gasteiger partial charge in [0.15, 0.2) is 0 Å². The van der Waals surface area contributed by atoms with Gasteiger partial charge in [-0.2, -0.15) is 5.26 Å². The molecule has 0 spiro atoms. The van der Waals surface area contributed by atoms with E-state index in [2.05, 4.69) is 11.4 Å². The van der Waals surface area contributed by atoms with E-state index in [1.165, 1.54) is 0 Å². The number of rotatable bonds is 6. The lowest BCUT2D eigenvalue weighted by Gasteiger charge is -2.24. The molecule has 2 atom stereocenters. The summed E-state index contributed by atoms with van der Waals surface area (Å²) in [6, 6.07) is 15.8. The van der Waals surface area contributed by atoms with E-state index in [1.807, 2.05) is 42.5 Å². The maximum Gasteiger partial charge on any atom is 0.326 e. The van der Waals surface area contributed by atoms with Gasteiger partial charge < -0.3 is 15.2 Å². The van der Waals surface area contributed by atoms with Gasteiger partial charge in [0, 0.05) is 13.0 Å². The van der Waals surface area contributed by atoms with Crippen molar-refractivity contribution >= 4 is 11.9 Å². The first kappa shape index (κ1) is 19.6. The Balaban J connectivity index is 1.73. The number of hydrogen-bond acceptors (Lipinski definition) is 4. The molecule has 1 unspecified atom stereocenters. The van der Waals surface area contributed by atoms with Gasteiger partial charge in [0.05, 0.1) is 11.6 Å². The fourth-order valence-electron chi connectivity index (χ4n) is 3.36. The van der Waals surface area contributed by atoms with Gasteiger partial charge in [-0.25, -0.2) is 4.79 Å². The van der Waals surface area contributed by atoms with Crippen LogP contribution in [-0.2, 0) is 20.7 Å². The van der Waals surface area contributed by atoms with Crippen LogP contribution in [-0.4, -0.2) is 35.2 Å². The van der Waals surface area contributed by atoms with Crippen LogP contribution in [0.2, 0.25) is 0 Å². The van der Waals surface area contributed by atoms with Crippen LogP contribution in [0.15, 0.2) is 48.5 Å². The summed E-state index contributed by atoms with van der Waals surface area (Å²) in [4.78, 5) is 24.1. The van der Waals surface area contributed by atoms with E-state index in [0.717, 1.165) is 23.1 Å². The lowest BCUT2D eigenvalue weighted by Crippen LogP contribution is -2.51. The number of ether oxygens (including phenoxy) is 1. The van der Waals surface area contributed by atoms with Crippen molar-refractivity contribution < 1.29 is 19.4 Å². The summed E-state index contributed by atoms with van der Waals surface area (Å²) in [6.45, 7) is 2.20. The largest absolute Gasteiger partial charge is 0.480 e. The summed E-state index contributed by atoms with van der Waals surface area (Å²) in [5, 5.41) is 21.4. The van der Waals surface area contributed by atoms with Crippen molar-refractivity contribution in [3.05, 3.63) is 59.7 Å². The number of aliphatic carboxylic acids is 1. The molecule has 1 aliphatic rings. The number of carboxylic acid groups (broad SMARTS) is 1. The maximum atomic E-state index is 12.5. The number of carbonyl (C=O) groups excluding carboxylic acids is 1. The molecule has 2 aromatic carbocycles. The second-order valence-corrected chi connectivity index (χ2v) is 7.11. The molecule has 2 N–H and O–H groups in total. The topological polar surface area (TPSA) is 99.4 Å². The van der Waals surface area contributed by atoms with Gasteiger partial charge in [0.25, 0.3) is 5.91 Å². The number of hydrogen-bond donors (Lipinski definition) is 2. The zero-order chi connectivity index (χ0) is 20.1. The molecule has 28 heavy (non-hydrogen) atoms. The zero-order valence-electron chi connectivity index (χ0n) is 15.6. The molecule has 1 aliphatic heterocycles. The Morgan fingerprint density at radius 3 is 2.57 bits per heavy atom. The number of benzene rings is 2. The van der Waals surface area contributed by atoms with Gasteiger partial charge in [0.2, 0.25) is 0 Å². The lowest BCUT2D eigenvalue weighted by atomic mass is 9.97. The normalized spacial score (nSPS) is 19.6. The highest BCUT2D eigenvalue weighted by Gasteiger charge is 2.39. The first-order valence-corrected chi connectivity index (χ1v) is 9.19. The number of carboxylic acids is 1. The number of nitrogens with zero attached hydrogens (tertiary/aromatic N) is 1. The molecule has 0 aliphatic carbocycles. The van der Waals surface area contributed by atoms with E-state index in [9.17, 15) is 20.0 Å². The molecule has 6 nitrogen and oxygen atoms in total. The molecule has 3 rings (SSSR count). The molecule has 2 aromatic rings. The van der Waals surface area contributed by atoms with Crippen LogP contribution < -0.4 is 5.32 Å². The van der Waals surface area contributed by atoms with Crippen LogP contribution in [0, 0.1) is 11.3 Å². The molecule has 0 saturated carbocycles. The van der Waals surface area contributed by atoms with Crippen LogP contribution in [0.1, 0.15) is 30.9 Å². The Bertz CT molecular complexity index is 909. The lowest BCUT2D eigenvalue weighted by molar-refractivity contribution is -0.147. The van der Waals surface area contributed by atoms with Crippen LogP contribution >= 0.6 is 0 Å². The molecule has 1 amide bonds. The van der Waals surface area contributed by atoms with Gasteiger partial charge in [-0.1, -0.05) is 42.5 Å². The Hall–Kier alpha value is -3.17. The minimum absolute atomic E-state index is 0.164. The van der Waals surface area contributed by atoms with Crippen LogP contribution in [0.4, 0.5) is 0 Å². The third kappa shape index (κ3) is 4.21. The SMILES string of the molecule is CC1(C(=O)N[C@@H](Cc2ccc(-c3ccccc3C#N)cc2)C(=O)O)CCCO1.